The number of methoxy groups -OCH3 is 2. The van der Waals surface area contributed by atoms with E-state index >= 15 is 0 Å². The monoisotopic (exact) mass is 364 g/mol. The molecule has 1 aliphatic heterocycles. The molecule has 1 N–H and O–H groups in total. The highest BCUT2D eigenvalue weighted by Crippen LogP contribution is 2.34. The summed E-state index contributed by atoms with van der Waals surface area (Å²) in [5, 5.41) is 1.29. The van der Waals surface area contributed by atoms with Crippen molar-refractivity contribution in [3.05, 3.63) is 59.8 Å². The first kappa shape index (κ1) is 17.5. The minimum atomic E-state index is 0.0494. The van der Waals surface area contributed by atoms with Gasteiger partial charge in [-0.05, 0) is 48.6 Å². The van der Waals surface area contributed by atoms with Gasteiger partial charge in [-0.15, -0.1) is 0 Å². The van der Waals surface area contributed by atoms with E-state index in [2.05, 4.69) is 29.4 Å². The summed E-state index contributed by atoms with van der Waals surface area (Å²) in [6, 6.07) is 13.7. The minimum Gasteiger partial charge on any atom is -0.493 e. The summed E-state index contributed by atoms with van der Waals surface area (Å²) in [5.41, 5.74) is 3.18. The predicted molar refractivity (Wildman–Crippen MR) is 106 cm³/mol. The lowest BCUT2D eigenvalue weighted by Crippen LogP contribution is -2.37. The van der Waals surface area contributed by atoms with Gasteiger partial charge in [0.25, 0.3) is 5.91 Å². The maximum atomic E-state index is 12.9. The van der Waals surface area contributed by atoms with E-state index < -0.39 is 0 Å². The minimum absolute atomic E-state index is 0.0494. The van der Waals surface area contributed by atoms with Crippen LogP contribution in [0.15, 0.2) is 48.7 Å². The molecular weight excluding hydrogens is 340 g/mol. The van der Waals surface area contributed by atoms with Crippen LogP contribution in [-0.2, 0) is 0 Å². The zero-order valence-electron chi connectivity index (χ0n) is 15.7. The van der Waals surface area contributed by atoms with Gasteiger partial charge in [0, 0.05) is 35.8 Å². The van der Waals surface area contributed by atoms with Crippen molar-refractivity contribution in [3.8, 4) is 11.5 Å². The van der Waals surface area contributed by atoms with Crippen LogP contribution in [0.4, 0.5) is 0 Å². The number of hydrogen-bond donors (Lipinski definition) is 1. The highest BCUT2D eigenvalue weighted by molar-refractivity contribution is 5.95. The molecule has 1 aliphatic rings. The number of nitrogens with one attached hydrogen (secondary N) is 1. The molecule has 1 amide bonds. The molecule has 3 aromatic rings. The van der Waals surface area contributed by atoms with Crippen LogP contribution in [0.25, 0.3) is 10.9 Å². The van der Waals surface area contributed by atoms with Gasteiger partial charge in [0.2, 0.25) is 0 Å². The SMILES string of the molecule is COc1ccc(C(=O)N2CCC(c3c[nH]c4ccccc34)CC2)cc1OC. The summed E-state index contributed by atoms with van der Waals surface area (Å²) in [4.78, 5) is 18.2. The summed E-state index contributed by atoms with van der Waals surface area (Å²) in [5.74, 6) is 1.74. The molecule has 2 heterocycles. The van der Waals surface area contributed by atoms with Crippen LogP contribution in [0.3, 0.4) is 0 Å². The number of piperidine rings is 1. The molecule has 0 bridgehead atoms. The number of amides is 1. The Kier molecular flexibility index (Phi) is 4.75. The lowest BCUT2D eigenvalue weighted by atomic mass is 9.89. The van der Waals surface area contributed by atoms with Crippen molar-refractivity contribution in [1.29, 1.82) is 0 Å². The molecule has 1 aromatic heterocycles. The number of aromatic nitrogens is 1. The maximum Gasteiger partial charge on any atom is 0.253 e. The highest BCUT2D eigenvalue weighted by Gasteiger charge is 2.26. The molecule has 0 saturated carbocycles. The molecule has 0 radical (unpaired) electrons. The van der Waals surface area contributed by atoms with Crippen molar-refractivity contribution in [1.82, 2.24) is 9.88 Å². The number of H-pyrrole nitrogens is 1. The molecule has 2 aromatic carbocycles. The van der Waals surface area contributed by atoms with Crippen LogP contribution in [0.1, 0.15) is 34.7 Å². The second-order valence-electron chi connectivity index (χ2n) is 6.93. The van der Waals surface area contributed by atoms with Crippen molar-refractivity contribution in [2.45, 2.75) is 18.8 Å². The first-order valence-electron chi connectivity index (χ1n) is 9.28. The van der Waals surface area contributed by atoms with E-state index in [0.717, 1.165) is 25.9 Å². The molecule has 4 rings (SSSR count). The summed E-state index contributed by atoms with van der Waals surface area (Å²) < 4.78 is 10.6. The Labute approximate surface area is 158 Å². The van der Waals surface area contributed by atoms with E-state index in [1.54, 1.807) is 32.4 Å². The first-order valence-corrected chi connectivity index (χ1v) is 9.28. The Balaban J connectivity index is 1.47. The number of para-hydroxylation sites is 1. The maximum absolute atomic E-state index is 12.9. The number of fused-ring (bicyclic) bond motifs is 1. The topological polar surface area (TPSA) is 54.6 Å². The number of nitrogens with zero attached hydrogens (tertiary/aromatic N) is 1. The van der Waals surface area contributed by atoms with E-state index in [1.165, 1.54) is 16.5 Å². The van der Waals surface area contributed by atoms with E-state index in [1.807, 2.05) is 11.0 Å². The lowest BCUT2D eigenvalue weighted by Gasteiger charge is -2.32. The molecule has 140 valence electrons. The van der Waals surface area contributed by atoms with Crippen molar-refractivity contribution in [2.24, 2.45) is 0 Å². The third-order valence-electron chi connectivity index (χ3n) is 5.47. The van der Waals surface area contributed by atoms with Crippen molar-refractivity contribution in [3.63, 3.8) is 0 Å². The van der Waals surface area contributed by atoms with Crippen LogP contribution in [0.2, 0.25) is 0 Å². The average Bonchev–Trinajstić information content (AvgIpc) is 3.17. The summed E-state index contributed by atoms with van der Waals surface area (Å²) in [6.07, 6.45) is 4.07. The zero-order chi connectivity index (χ0) is 18.8. The van der Waals surface area contributed by atoms with Gasteiger partial charge in [0.15, 0.2) is 11.5 Å². The van der Waals surface area contributed by atoms with Crippen LogP contribution < -0.4 is 9.47 Å². The van der Waals surface area contributed by atoms with E-state index in [9.17, 15) is 4.79 Å². The van der Waals surface area contributed by atoms with Crippen LogP contribution in [-0.4, -0.2) is 43.1 Å². The van der Waals surface area contributed by atoms with Gasteiger partial charge >= 0.3 is 0 Å². The zero-order valence-corrected chi connectivity index (χ0v) is 15.7. The number of ether oxygens (including phenoxy) is 2. The van der Waals surface area contributed by atoms with E-state index in [0.29, 0.717) is 23.0 Å². The number of benzene rings is 2. The van der Waals surface area contributed by atoms with Crippen LogP contribution in [0.5, 0.6) is 11.5 Å². The second-order valence-corrected chi connectivity index (χ2v) is 6.93. The Hall–Kier alpha value is -2.95. The smallest absolute Gasteiger partial charge is 0.253 e. The number of likely N-dealkylation sites (tertiary alicyclic amines) is 1. The highest BCUT2D eigenvalue weighted by atomic mass is 16.5. The number of aromatic amines is 1. The quantitative estimate of drug-likeness (QED) is 0.755. The van der Waals surface area contributed by atoms with Crippen LogP contribution in [0, 0.1) is 0 Å². The Bertz CT molecular complexity index is 955. The Morgan fingerprint density at radius 2 is 1.78 bits per heavy atom. The third kappa shape index (κ3) is 3.25. The Morgan fingerprint density at radius 3 is 2.52 bits per heavy atom. The fourth-order valence-corrected chi connectivity index (χ4v) is 3.98. The molecule has 27 heavy (non-hydrogen) atoms. The van der Waals surface area contributed by atoms with Gasteiger partial charge in [-0.2, -0.15) is 0 Å². The molecule has 1 saturated heterocycles. The molecule has 0 spiro atoms. The third-order valence-corrected chi connectivity index (χ3v) is 5.47. The second kappa shape index (κ2) is 7.35. The van der Waals surface area contributed by atoms with Gasteiger partial charge in [0.1, 0.15) is 0 Å². The van der Waals surface area contributed by atoms with Gasteiger partial charge in [-0.3, -0.25) is 4.79 Å². The van der Waals surface area contributed by atoms with Gasteiger partial charge in [0.05, 0.1) is 14.2 Å². The van der Waals surface area contributed by atoms with Gasteiger partial charge in [-0.1, -0.05) is 18.2 Å². The number of carbonyl (C=O) groups is 1. The molecule has 5 heteroatoms. The Morgan fingerprint density at radius 1 is 1.04 bits per heavy atom. The molecule has 1 fully saturated rings. The van der Waals surface area contributed by atoms with Gasteiger partial charge in [-0.25, -0.2) is 0 Å². The largest absolute Gasteiger partial charge is 0.493 e. The number of hydrogen-bond acceptors (Lipinski definition) is 3. The van der Waals surface area contributed by atoms with Crippen molar-refractivity contribution in [2.75, 3.05) is 27.3 Å². The summed E-state index contributed by atoms with van der Waals surface area (Å²) in [7, 11) is 3.17. The van der Waals surface area contributed by atoms with Gasteiger partial charge < -0.3 is 19.4 Å². The fourth-order valence-electron chi connectivity index (χ4n) is 3.98. The van der Waals surface area contributed by atoms with E-state index in [-0.39, 0.29) is 5.91 Å². The first-order chi connectivity index (χ1) is 13.2. The average molecular weight is 364 g/mol. The molecule has 0 atom stereocenters. The normalized spacial score (nSPS) is 15.1. The summed E-state index contributed by atoms with van der Waals surface area (Å²) in [6.45, 7) is 1.52. The van der Waals surface area contributed by atoms with E-state index in [4.69, 9.17) is 9.47 Å². The molecule has 0 unspecified atom stereocenters. The van der Waals surface area contributed by atoms with Crippen molar-refractivity contribution < 1.29 is 14.3 Å². The predicted octanol–water partition coefficient (Wildman–Crippen LogP) is 4.20. The van der Waals surface area contributed by atoms with Crippen molar-refractivity contribution >= 4 is 16.8 Å². The number of carbonyl (C=O) groups excluding carboxylic acids is 1. The molecule has 0 aliphatic carbocycles. The standard InChI is InChI=1S/C22H24N2O3/c1-26-20-8-7-16(13-21(20)27-2)22(25)24-11-9-15(10-12-24)18-14-23-19-6-4-3-5-17(18)19/h3-8,13-15,23H,9-12H2,1-2H3. The molecule has 5 nitrogen and oxygen atoms in total. The number of rotatable bonds is 4. The molecular formula is C22H24N2O3. The van der Waals surface area contributed by atoms with Crippen LogP contribution >= 0.6 is 0 Å². The fraction of sp³-hybridized carbons (Fsp3) is 0.318. The lowest BCUT2D eigenvalue weighted by molar-refractivity contribution is 0.0713. The summed E-state index contributed by atoms with van der Waals surface area (Å²) >= 11 is 0.